The third-order valence-electron chi connectivity index (χ3n) is 3.57. The lowest BCUT2D eigenvalue weighted by Gasteiger charge is -2.10. The van der Waals surface area contributed by atoms with E-state index in [1.54, 1.807) is 25.3 Å². The first-order valence-electron chi connectivity index (χ1n) is 8.51. The van der Waals surface area contributed by atoms with E-state index in [0.29, 0.717) is 18.1 Å². The van der Waals surface area contributed by atoms with Gasteiger partial charge in [-0.25, -0.2) is 4.79 Å². The number of ether oxygens (including phenoxy) is 3. The molecule has 0 fully saturated rings. The average molecular weight is 360 g/mol. The summed E-state index contributed by atoms with van der Waals surface area (Å²) in [6.45, 7) is 6.13. The van der Waals surface area contributed by atoms with Crippen LogP contribution in [0.5, 0.6) is 11.5 Å². The predicted molar refractivity (Wildman–Crippen MR) is 103 cm³/mol. The molecule has 5 heteroatoms. The Bertz CT molecular complexity index is 667. The molecule has 0 spiro atoms. The molecule has 0 radical (unpaired) electrons. The Balaban J connectivity index is 2.64. The van der Waals surface area contributed by atoms with Gasteiger partial charge in [-0.15, -0.1) is 0 Å². The number of carbonyl (C=O) groups excluding carboxylic acids is 1. The maximum atomic E-state index is 11.2. The van der Waals surface area contributed by atoms with Crippen LogP contribution in [0.1, 0.15) is 39.2 Å². The predicted octanol–water partition coefficient (Wildman–Crippen LogP) is 4.27. The second-order valence-electron chi connectivity index (χ2n) is 6.02. The topological polar surface area (TPSA) is 65.0 Å². The van der Waals surface area contributed by atoms with Crippen LogP contribution in [0.2, 0.25) is 0 Å². The molecule has 0 aliphatic rings. The number of methoxy groups -OCH3 is 1. The van der Waals surface area contributed by atoms with Gasteiger partial charge < -0.3 is 19.3 Å². The molecule has 0 aliphatic heterocycles. The third-order valence-corrected chi connectivity index (χ3v) is 3.57. The van der Waals surface area contributed by atoms with Crippen molar-refractivity contribution in [2.75, 3.05) is 20.5 Å². The summed E-state index contributed by atoms with van der Waals surface area (Å²) in [4.78, 5) is 11.2. The van der Waals surface area contributed by atoms with Crippen LogP contribution in [0.4, 0.5) is 0 Å². The summed E-state index contributed by atoms with van der Waals surface area (Å²) in [6, 6.07) is 5.37. The summed E-state index contributed by atoms with van der Waals surface area (Å²) < 4.78 is 15.5. The lowest BCUT2D eigenvalue weighted by atomic mass is 10.1. The van der Waals surface area contributed by atoms with Gasteiger partial charge in [0, 0.05) is 6.08 Å². The molecule has 0 heterocycles. The van der Waals surface area contributed by atoms with Crippen LogP contribution in [0, 0.1) is 0 Å². The van der Waals surface area contributed by atoms with Gasteiger partial charge in [0.25, 0.3) is 0 Å². The van der Waals surface area contributed by atoms with Crippen LogP contribution in [0.25, 0.3) is 6.08 Å². The number of esters is 1. The van der Waals surface area contributed by atoms with E-state index < -0.39 is 12.8 Å². The van der Waals surface area contributed by atoms with Crippen molar-refractivity contribution in [3.63, 3.8) is 0 Å². The number of allylic oxidation sites excluding steroid dienone is 3. The van der Waals surface area contributed by atoms with Crippen molar-refractivity contribution >= 4 is 12.0 Å². The SMILES string of the molecule is COc1cc(C=CC(=O)OCO)ccc1OCC=C(C)CCC=C(C)C. The summed E-state index contributed by atoms with van der Waals surface area (Å²) in [6.07, 6.45) is 9.16. The number of hydrogen-bond acceptors (Lipinski definition) is 5. The fourth-order valence-electron chi connectivity index (χ4n) is 2.15. The molecule has 1 N–H and O–H groups in total. The van der Waals surface area contributed by atoms with Crippen molar-refractivity contribution in [2.24, 2.45) is 0 Å². The maximum Gasteiger partial charge on any atom is 0.332 e. The second kappa shape index (κ2) is 11.9. The normalized spacial score (nSPS) is 11.3. The molecule has 1 aromatic carbocycles. The highest BCUT2D eigenvalue weighted by atomic mass is 16.6. The fraction of sp³-hybridized carbons (Fsp3) is 0.381. The average Bonchev–Trinajstić information content (AvgIpc) is 2.60. The first-order chi connectivity index (χ1) is 12.5. The van der Waals surface area contributed by atoms with Gasteiger partial charge in [0.1, 0.15) is 6.61 Å². The van der Waals surface area contributed by atoms with E-state index in [9.17, 15) is 4.79 Å². The van der Waals surface area contributed by atoms with Crippen LogP contribution in [0.15, 0.2) is 47.6 Å². The molecular formula is C21H28O5. The highest BCUT2D eigenvalue weighted by Gasteiger charge is 2.05. The van der Waals surface area contributed by atoms with Crippen molar-refractivity contribution in [2.45, 2.75) is 33.6 Å². The number of aliphatic hydroxyl groups excluding tert-OH is 1. The van der Waals surface area contributed by atoms with Gasteiger partial charge in [0.15, 0.2) is 18.3 Å². The molecule has 0 saturated carbocycles. The van der Waals surface area contributed by atoms with Gasteiger partial charge in [-0.3, -0.25) is 0 Å². The molecule has 0 aliphatic carbocycles. The Kier molecular flexibility index (Phi) is 9.87. The van der Waals surface area contributed by atoms with Crippen molar-refractivity contribution in [1.29, 1.82) is 0 Å². The third kappa shape index (κ3) is 8.53. The first-order valence-corrected chi connectivity index (χ1v) is 8.51. The molecule has 26 heavy (non-hydrogen) atoms. The summed E-state index contributed by atoms with van der Waals surface area (Å²) in [5, 5.41) is 8.52. The number of carbonyl (C=O) groups is 1. The van der Waals surface area contributed by atoms with Crippen molar-refractivity contribution in [1.82, 2.24) is 0 Å². The summed E-state index contributed by atoms with van der Waals surface area (Å²) >= 11 is 0. The summed E-state index contributed by atoms with van der Waals surface area (Å²) in [5.74, 6) is 0.606. The largest absolute Gasteiger partial charge is 0.493 e. The van der Waals surface area contributed by atoms with Crippen LogP contribution in [-0.4, -0.2) is 31.6 Å². The van der Waals surface area contributed by atoms with E-state index in [1.807, 2.05) is 6.07 Å². The van der Waals surface area contributed by atoms with E-state index in [0.717, 1.165) is 18.4 Å². The first kappa shape index (κ1) is 21.5. The van der Waals surface area contributed by atoms with Gasteiger partial charge in [-0.1, -0.05) is 23.3 Å². The molecule has 1 rings (SSSR count). The maximum absolute atomic E-state index is 11.2. The zero-order valence-electron chi connectivity index (χ0n) is 16.0. The summed E-state index contributed by atoms with van der Waals surface area (Å²) in [5.41, 5.74) is 3.37. The van der Waals surface area contributed by atoms with Gasteiger partial charge in [-0.2, -0.15) is 0 Å². The minimum Gasteiger partial charge on any atom is -0.493 e. The highest BCUT2D eigenvalue weighted by Crippen LogP contribution is 2.28. The molecule has 0 aromatic heterocycles. The Morgan fingerprint density at radius 2 is 1.92 bits per heavy atom. The van der Waals surface area contributed by atoms with Crippen LogP contribution in [0.3, 0.4) is 0 Å². The second-order valence-corrected chi connectivity index (χ2v) is 6.02. The van der Waals surface area contributed by atoms with Crippen molar-refractivity contribution in [3.8, 4) is 11.5 Å². The monoisotopic (exact) mass is 360 g/mol. The lowest BCUT2D eigenvalue weighted by Crippen LogP contribution is -2.00. The summed E-state index contributed by atoms with van der Waals surface area (Å²) in [7, 11) is 1.57. The molecule has 0 amide bonds. The highest BCUT2D eigenvalue weighted by molar-refractivity contribution is 5.87. The minimum atomic E-state index is -0.638. The van der Waals surface area contributed by atoms with Gasteiger partial charge in [0.2, 0.25) is 0 Å². The quantitative estimate of drug-likeness (QED) is 0.292. The molecule has 0 bridgehead atoms. The van der Waals surface area contributed by atoms with Crippen LogP contribution in [-0.2, 0) is 9.53 Å². The number of rotatable bonds is 10. The van der Waals surface area contributed by atoms with E-state index in [1.165, 1.54) is 17.2 Å². The molecular weight excluding hydrogens is 332 g/mol. The smallest absolute Gasteiger partial charge is 0.332 e. The standard InChI is InChI=1S/C21H28O5/c1-16(2)6-5-7-17(3)12-13-25-19-10-8-18(14-20(19)24-4)9-11-21(23)26-15-22/h6,8-12,14,22H,5,7,13,15H2,1-4H3. The van der Waals surface area contributed by atoms with Crippen molar-refractivity contribution < 1.29 is 24.1 Å². The Morgan fingerprint density at radius 1 is 1.15 bits per heavy atom. The molecule has 142 valence electrons. The molecule has 1 aromatic rings. The lowest BCUT2D eigenvalue weighted by molar-refractivity contribution is -0.145. The Hall–Kier alpha value is -2.53. The molecule has 0 saturated heterocycles. The van der Waals surface area contributed by atoms with Crippen LogP contribution >= 0.6 is 0 Å². The van der Waals surface area contributed by atoms with Gasteiger partial charge in [-0.05, 0) is 63.5 Å². The number of aliphatic hydroxyl groups is 1. The van der Waals surface area contributed by atoms with E-state index >= 15 is 0 Å². The van der Waals surface area contributed by atoms with Crippen LogP contribution < -0.4 is 9.47 Å². The molecule has 0 atom stereocenters. The molecule has 5 nitrogen and oxygen atoms in total. The molecule has 0 unspecified atom stereocenters. The Labute approximate surface area is 155 Å². The van der Waals surface area contributed by atoms with Gasteiger partial charge >= 0.3 is 5.97 Å². The fourth-order valence-corrected chi connectivity index (χ4v) is 2.15. The number of hydrogen-bond donors (Lipinski definition) is 1. The number of benzene rings is 1. The zero-order valence-corrected chi connectivity index (χ0v) is 16.0. The Morgan fingerprint density at radius 3 is 2.58 bits per heavy atom. The van der Waals surface area contributed by atoms with E-state index in [4.69, 9.17) is 14.6 Å². The zero-order chi connectivity index (χ0) is 19.4. The minimum absolute atomic E-state index is 0.467. The van der Waals surface area contributed by atoms with Gasteiger partial charge in [0.05, 0.1) is 7.11 Å². The van der Waals surface area contributed by atoms with Crippen molar-refractivity contribution in [3.05, 3.63) is 53.1 Å². The van der Waals surface area contributed by atoms with E-state index in [-0.39, 0.29) is 0 Å². The van der Waals surface area contributed by atoms with E-state index in [2.05, 4.69) is 37.7 Å².